The van der Waals surface area contributed by atoms with Crippen molar-refractivity contribution in [3.8, 4) is 0 Å². The highest BCUT2D eigenvalue weighted by Gasteiger charge is 2.28. The number of nitrogens with one attached hydrogen (secondary N) is 2. The lowest BCUT2D eigenvalue weighted by Gasteiger charge is -2.22. The highest BCUT2D eigenvalue weighted by molar-refractivity contribution is 5.99. The molecule has 0 fully saturated rings. The van der Waals surface area contributed by atoms with E-state index < -0.39 is 0 Å². The third-order valence-corrected chi connectivity index (χ3v) is 5.03. The Bertz CT molecular complexity index is 676. The van der Waals surface area contributed by atoms with Crippen LogP contribution in [0.15, 0.2) is 60.7 Å². The summed E-state index contributed by atoms with van der Waals surface area (Å²) in [7, 11) is 8.29. The maximum atomic E-state index is 13.1. The van der Waals surface area contributed by atoms with Crippen molar-refractivity contribution in [2.24, 2.45) is 11.8 Å². The van der Waals surface area contributed by atoms with Gasteiger partial charge in [-0.25, -0.2) is 0 Å². The molecular weight excluding hydrogens is 348 g/mol. The maximum absolute atomic E-state index is 13.1. The summed E-state index contributed by atoms with van der Waals surface area (Å²) in [5.74, 6) is 0.223. The molecule has 150 valence electrons. The van der Waals surface area contributed by atoms with Crippen LogP contribution in [0.2, 0.25) is 0 Å². The number of benzene rings is 2. The molecule has 0 aliphatic carbocycles. The van der Waals surface area contributed by atoms with Gasteiger partial charge in [0.05, 0.1) is 53.1 Å². The molecule has 0 saturated heterocycles. The van der Waals surface area contributed by atoms with Gasteiger partial charge in [0.2, 0.25) is 0 Å². The molecule has 2 N–H and O–H groups in total. The molecule has 0 aromatic heterocycles. The van der Waals surface area contributed by atoms with E-state index in [-0.39, 0.29) is 23.4 Å². The quantitative estimate of drug-likeness (QED) is 0.571. The zero-order chi connectivity index (χ0) is 20.5. The minimum absolute atomic E-state index is 0.0735. The van der Waals surface area contributed by atoms with E-state index in [9.17, 15) is 9.59 Å². The summed E-state index contributed by atoms with van der Waals surface area (Å²) in [6.07, 6.45) is 1.46. The average molecular weight is 383 g/mol. The molecule has 0 aliphatic heterocycles. The van der Waals surface area contributed by atoms with Crippen LogP contribution < -0.4 is 9.80 Å². The van der Waals surface area contributed by atoms with Crippen LogP contribution in [-0.4, -0.2) is 52.8 Å². The summed E-state index contributed by atoms with van der Waals surface area (Å²) in [6, 6.07) is 19.0. The third-order valence-electron chi connectivity index (χ3n) is 5.03. The van der Waals surface area contributed by atoms with E-state index >= 15 is 0 Å². The Labute approximate surface area is 169 Å². The fraction of sp³-hybridized carbons (Fsp3) is 0.417. The Balaban J connectivity index is 2.14. The molecule has 28 heavy (non-hydrogen) atoms. The molecule has 0 saturated carbocycles. The summed E-state index contributed by atoms with van der Waals surface area (Å²) in [5, 5.41) is 0. The lowest BCUT2D eigenvalue weighted by molar-refractivity contribution is -0.861. The fourth-order valence-corrected chi connectivity index (χ4v) is 3.72. The molecule has 0 bridgehead atoms. The van der Waals surface area contributed by atoms with Gasteiger partial charge in [0, 0.05) is 11.1 Å². The maximum Gasteiger partial charge on any atom is 0.171 e. The summed E-state index contributed by atoms with van der Waals surface area (Å²) in [5.41, 5.74) is 1.52. The van der Waals surface area contributed by atoms with Crippen LogP contribution in [0.1, 0.15) is 33.6 Å². The summed E-state index contributed by atoms with van der Waals surface area (Å²) in [4.78, 5) is 28.6. The minimum atomic E-state index is -0.0735. The van der Waals surface area contributed by atoms with Gasteiger partial charge in [0.1, 0.15) is 0 Å². The second-order valence-electron chi connectivity index (χ2n) is 8.25. The first kappa shape index (κ1) is 22.0. The molecule has 2 atom stereocenters. The van der Waals surface area contributed by atoms with E-state index in [1.165, 1.54) is 9.80 Å². The lowest BCUT2D eigenvalue weighted by atomic mass is 9.86. The minimum Gasteiger partial charge on any atom is -0.339 e. The van der Waals surface area contributed by atoms with Crippen LogP contribution >= 0.6 is 0 Å². The number of quaternary nitrogens is 2. The van der Waals surface area contributed by atoms with Crippen molar-refractivity contribution in [3.05, 3.63) is 71.8 Å². The molecule has 0 unspecified atom stereocenters. The zero-order valence-electron chi connectivity index (χ0n) is 17.6. The first-order valence-electron chi connectivity index (χ1n) is 10.1. The van der Waals surface area contributed by atoms with E-state index in [1.54, 1.807) is 0 Å². The fourth-order valence-electron chi connectivity index (χ4n) is 3.72. The Morgan fingerprint density at radius 1 is 0.643 bits per heavy atom. The molecule has 2 rings (SSSR count). The first-order chi connectivity index (χ1) is 13.4. The largest absolute Gasteiger partial charge is 0.339 e. The van der Waals surface area contributed by atoms with Crippen molar-refractivity contribution < 1.29 is 19.4 Å². The van der Waals surface area contributed by atoms with Crippen molar-refractivity contribution in [2.75, 3.05) is 41.3 Å². The predicted octanol–water partition coefficient (Wildman–Crippen LogP) is 1.05. The van der Waals surface area contributed by atoms with Gasteiger partial charge in [0.15, 0.2) is 11.6 Å². The van der Waals surface area contributed by atoms with Crippen molar-refractivity contribution in [1.82, 2.24) is 0 Å². The second-order valence-corrected chi connectivity index (χ2v) is 8.25. The number of rotatable bonds is 11. The van der Waals surface area contributed by atoms with Gasteiger partial charge in [-0.3, -0.25) is 9.59 Å². The van der Waals surface area contributed by atoms with E-state index in [4.69, 9.17) is 0 Å². The van der Waals surface area contributed by atoms with Crippen LogP contribution in [0.4, 0.5) is 0 Å². The van der Waals surface area contributed by atoms with Crippen LogP contribution in [-0.2, 0) is 0 Å². The molecule has 0 radical (unpaired) electrons. The van der Waals surface area contributed by atoms with Gasteiger partial charge in [-0.05, 0) is 12.8 Å². The van der Waals surface area contributed by atoms with Gasteiger partial charge in [-0.1, -0.05) is 60.7 Å². The lowest BCUT2D eigenvalue weighted by Crippen LogP contribution is -3.06. The summed E-state index contributed by atoms with van der Waals surface area (Å²) >= 11 is 0. The van der Waals surface area contributed by atoms with Gasteiger partial charge < -0.3 is 9.80 Å². The van der Waals surface area contributed by atoms with Crippen molar-refractivity contribution >= 4 is 11.6 Å². The molecule has 0 spiro atoms. The Kier molecular flexibility index (Phi) is 8.55. The standard InChI is InChI=1S/C24H32N2O2/c1-25(2)17-21(23(27)19-11-7-5-8-12-19)15-16-22(18-26(3)4)24(28)20-13-9-6-10-14-20/h5-14,21-22H,15-18H2,1-4H3/p+2/t21-,22-/m0/s1. The second kappa shape index (κ2) is 10.9. The van der Waals surface area contributed by atoms with Crippen LogP contribution in [0.3, 0.4) is 0 Å². The van der Waals surface area contributed by atoms with E-state index in [0.717, 1.165) is 37.1 Å². The zero-order valence-corrected chi connectivity index (χ0v) is 17.6. The van der Waals surface area contributed by atoms with Crippen molar-refractivity contribution in [2.45, 2.75) is 12.8 Å². The molecular formula is C24H34N2O2+2. The number of carbonyl (C=O) groups is 2. The molecule has 4 heteroatoms. The number of ketones is 2. The smallest absolute Gasteiger partial charge is 0.171 e. The number of hydrogen-bond donors (Lipinski definition) is 2. The Hall–Kier alpha value is -2.30. The van der Waals surface area contributed by atoms with Gasteiger partial charge >= 0.3 is 0 Å². The first-order valence-corrected chi connectivity index (χ1v) is 10.1. The molecule has 2 aromatic carbocycles. The normalized spacial score (nSPS) is 13.5. The Morgan fingerprint density at radius 3 is 1.25 bits per heavy atom. The van der Waals surface area contributed by atoms with Crippen molar-refractivity contribution in [1.29, 1.82) is 0 Å². The van der Waals surface area contributed by atoms with Crippen molar-refractivity contribution in [3.63, 3.8) is 0 Å². The average Bonchev–Trinajstić information content (AvgIpc) is 2.69. The van der Waals surface area contributed by atoms with Crippen LogP contribution in [0, 0.1) is 11.8 Å². The number of Topliss-reactive ketones (excluding diaryl/α,β-unsaturated/α-hetero) is 2. The van der Waals surface area contributed by atoms with E-state index in [1.807, 2.05) is 60.7 Å². The molecule has 0 aliphatic rings. The van der Waals surface area contributed by atoms with Gasteiger partial charge in [-0.15, -0.1) is 0 Å². The molecule has 0 amide bonds. The van der Waals surface area contributed by atoms with E-state index in [0.29, 0.717) is 0 Å². The topological polar surface area (TPSA) is 43.0 Å². The van der Waals surface area contributed by atoms with Crippen LogP contribution in [0.25, 0.3) is 0 Å². The van der Waals surface area contributed by atoms with E-state index in [2.05, 4.69) is 28.2 Å². The third kappa shape index (κ3) is 6.70. The predicted molar refractivity (Wildman–Crippen MR) is 113 cm³/mol. The SMILES string of the molecule is C[NH+](C)C[C@H](CC[C@@H](C[NH+](C)C)C(=O)c1ccccc1)C(=O)c1ccccc1. The number of hydrogen-bond acceptors (Lipinski definition) is 2. The molecule has 0 heterocycles. The monoisotopic (exact) mass is 382 g/mol. The summed E-state index contributed by atoms with van der Waals surface area (Å²) < 4.78 is 0. The highest BCUT2D eigenvalue weighted by Crippen LogP contribution is 2.19. The molecule has 2 aromatic rings. The molecule has 4 nitrogen and oxygen atoms in total. The van der Waals surface area contributed by atoms with Gasteiger partial charge in [0.25, 0.3) is 0 Å². The summed E-state index contributed by atoms with van der Waals surface area (Å²) in [6.45, 7) is 1.55. The highest BCUT2D eigenvalue weighted by atomic mass is 16.1. The van der Waals surface area contributed by atoms with Gasteiger partial charge in [-0.2, -0.15) is 0 Å². The Morgan fingerprint density at radius 2 is 0.964 bits per heavy atom. The number of carbonyl (C=O) groups excluding carboxylic acids is 2. The van der Waals surface area contributed by atoms with Crippen LogP contribution in [0.5, 0.6) is 0 Å².